The highest BCUT2D eigenvalue weighted by molar-refractivity contribution is 6.35. The van der Waals surface area contributed by atoms with E-state index >= 15 is 4.39 Å². The van der Waals surface area contributed by atoms with Crippen molar-refractivity contribution in [2.75, 3.05) is 44.3 Å². The number of benzene rings is 3. The maximum Gasteiger partial charge on any atom is 0.319 e. The fourth-order valence-corrected chi connectivity index (χ4v) is 7.22. The van der Waals surface area contributed by atoms with Crippen LogP contribution in [0.15, 0.2) is 42.5 Å². The second-order valence-electron chi connectivity index (χ2n) is 12.1. The number of rotatable bonds is 7. The highest BCUT2D eigenvalue weighted by atomic mass is 35.5. The topological polar surface area (TPSA) is 83.0 Å². The number of nitrogens with zero attached hydrogens (tertiary/aromatic N) is 4. The van der Waals surface area contributed by atoms with Crippen LogP contribution in [0.3, 0.4) is 0 Å². The lowest BCUT2D eigenvalue weighted by molar-refractivity contribution is -0.0561. The Balaban J connectivity index is 1.26. The number of ether oxygens (including phenoxy) is 2. The van der Waals surface area contributed by atoms with Crippen molar-refractivity contribution in [1.29, 1.82) is 0 Å². The van der Waals surface area contributed by atoms with E-state index in [1.165, 1.54) is 0 Å². The molecule has 226 valence electrons. The van der Waals surface area contributed by atoms with Crippen molar-refractivity contribution < 1.29 is 19.0 Å². The predicted molar refractivity (Wildman–Crippen MR) is 168 cm³/mol. The van der Waals surface area contributed by atoms with Gasteiger partial charge in [0, 0.05) is 55.3 Å². The number of hydrogen-bond acceptors (Lipinski definition) is 8. The summed E-state index contributed by atoms with van der Waals surface area (Å²) < 4.78 is 28.6. The third-order valence-corrected chi connectivity index (χ3v) is 9.61. The molecule has 3 aliphatic rings. The first-order chi connectivity index (χ1) is 20.9. The summed E-state index contributed by atoms with van der Waals surface area (Å²) >= 11 is 6.86. The van der Waals surface area contributed by atoms with Crippen LogP contribution in [0, 0.1) is 5.82 Å². The minimum absolute atomic E-state index is 0.0388. The van der Waals surface area contributed by atoms with Gasteiger partial charge in [0.2, 0.25) is 0 Å². The molecule has 43 heavy (non-hydrogen) atoms. The van der Waals surface area contributed by atoms with E-state index in [1.54, 1.807) is 18.2 Å². The Labute approximate surface area is 255 Å². The molecule has 0 amide bonds. The maximum atomic E-state index is 16.7. The Hall–Kier alpha value is -3.24. The highest BCUT2D eigenvalue weighted by Crippen LogP contribution is 2.42. The molecular formula is C33H37ClFN5O3. The smallest absolute Gasteiger partial charge is 0.319 e. The molecule has 4 atom stereocenters. The monoisotopic (exact) mass is 605 g/mol. The van der Waals surface area contributed by atoms with Gasteiger partial charge in [-0.15, -0.1) is 0 Å². The van der Waals surface area contributed by atoms with Crippen molar-refractivity contribution in [3.63, 3.8) is 0 Å². The summed E-state index contributed by atoms with van der Waals surface area (Å²) in [6.07, 6.45) is 3.20. The molecule has 0 radical (unpaired) electrons. The molecule has 3 aromatic carbocycles. The zero-order valence-corrected chi connectivity index (χ0v) is 25.3. The number of anilines is 1. The average Bonchev–Trinajstić information content (AvgIpc) is 3.34. The third kappa shape index (κ3) is 5.48. The zero-order chi connectivity index (χ0) is 29.7. The molecule has 7 rings (SSSR count). The summed E-state index contributed by atoms with van der Waals surface area (Å²) in [5.41, 5.74) is 0.873. The number of aromatic hydroxyl groups is 1. The summed E-state index contributed by atoms with van der Waals surface area (Å²) in [4.78, 5) is 14.1. The second kappa shape index (κ2) is 11.7. The minimum Gasteiger partial charge on any atom is -0.508 e. The molecule has 3 fully saturated rings. The van der Waals surface area contributed by atoms with Gasteiger partial charge in [0.15, 0.2) is 5.82 Å². The van der Waals surface area contributed by atoms with E-state index in [0.29, 0.717) is 41.5 Å². The molecule has 1 aromatic heterocycles. The molecule has 3 unspecified atom stereocenters. The van der Waals surface area contributed by atoms with Gasteiger partial charge in [-0.2, -0.15) is 9.97 Å². The minimum atomic E-state index is -0.555. The van der Waals surface area contributed by atoms with Crippen molar-refractivity contribution in [3.05, 3.63) is 53.3 Å². The van der Waals surface area contributed by atoms with Gasteiger partial charge in [-0.05, 0) is 67.6 Å². The maximum absolute atomic E-state index is 16.7. The predicted octanol–water partition coefficient (Wildman–Crippen LogP) is 5.77. The van der Waals surface area contributed by atoms with Gasteiger partial charge in [-0.3, -0.25) is 4.90 Å². The van der Waals surface area contributed by atoms with E-state index in [9.17, 15) is 5.11 Å². The van der Waals surface area contributed by atoms with Crippen molar-refractivity contribution in [1.82, 2.24) is 20.2 Å². The quantitative estimate of drug-likeness (QED) is 0.257. The van der Waals surface area contributed by atoms with Crippen molar-refractivity contribution >= 4 is 39.1 Å². The van der Waals surface area contributed by atoms with Gasteiger partial charge in [0.25, 0.3) is 0 Å². The van der Waals surface area contributed by atoms with E-state index in [0.717, 1.165) is 62.8 Å². The molecule has 2 bridgehead atoms. The Kier molecular flexibility index (Phi) is 7.75. The fraction of sp³-hybridized carbons (Fsp3) is 0.455. The third-order valence-electron chi connectivity index (χ3n) is 9.31. The summed E-state index contributed by atoms with van der Waals surface area (Å²) in [6, 6.07) is 13.8. The largest absolute Gasteiger partial charge is 0.508 e. The standard InChI is InChI=1S/C33H37ClFN5O3/c1-19-20(2)42-13-11-39(19)10-5-12-43-33-37-31-27(32(38-33)40-17-22-8-9-23(18-40)36-22)16-28(34)29(30(31)35)26-15-24(41)14-21-6-3-4-7-25(21)26/h3-4,6-7,14-16,19-20,22-23,36,41H,5,8-13,17-18H2,1-2H3/t19?,20?,22-,23?/m1/s1. The number of morpholine rings is 1. The van der Waals surface area contributed by atoms with Crippen LogP contribution in [-0.2, 0) is 4.74 Å². The van der Waals surface area contributed by atoms with Crippen molar-refractivity contribution in [2.24, 2.45) is 0 Å². The lowest BCUT2D eigenvalue weighted by Gasteiger charge is -2.37. The van der Waals surface area contributed by atoms with E-state index in [4.69, 9.17) is 26.1 Å². The van der Waals surface area contributed by atoms with Crippen LogP contribution in [0.1, 0.15) is 33.1 Å². The van der Waals surface area contributed by atoms with Gasteiger partial charge >= 0.3 is 6.01 Å². The summed E-state index contributed by atoms with van der Waals surface area (Å²) in [7, 11) is 0. The molecule has 4 aromatic rings. The molecule has 10 heteroatoms. The van der Waals surface area contributed by atoms with E-state index in [-0.39, 0.29) is 34.0 Å². The fourth-order valence-electron chi connectivity index (χ4n) is 6.93. The van der Waals surface area contributed by atoms with Gasteiger partial charge < -0.3 is 24.8 Å². The van der Waals surface area contributed by atoms with Crippen LogP contribution in [0.25, 0.3) is 32.8 Å². The molecule has 0 aliphatic carbocycles. The Morgan fingerprint density at radius 3 is 2.70 bits per heavy atom. The Bertz CT molecular complexity index is 1660. The molecule has 2 N–H and O–H groups in total. The van der Waals surface area contributed by atoms with Crippen molar-refractivity contribution in [2.45, 2.75) is 57.3 Å². The van der Waals surface area contributed by atoms with Crippen molar-refractivity contribution in [3.8, 4) is 22.9 Å². The van der Waals surface area contributed by atoms with Gasteiger partial charge in [0.1, 0.15) is 17.1 Å². The van der Waals surface area contributed by atoms with Crippen LogP contribution >= 0.6 is 11.6 Å². The number of halogens is 2. The van der Waals surface area contributed by atoms with Crippen LogP contribution < -0.4 is 15.0 Å². The number of nitrogens with one attached hydrogen (secondary N) is 1. The molecular weight excluding hydrogens is 569 g/mol. The van der Waals surface area contributed by atoms with E-state index in [2.05, 4.69) is 33.9 Å². The van der Waals surface area contributed by atoms with Gasteiger partial charge in [-0.1, -0.05) is 35.9 Å². The number of phenolic OH excluding ortho intramolecular Hbond substituents is 1. The Morgan fingerprint density at radius 2 is 1.88 bits per heavy atom. The van der Waals surface area contributed by atoms with E-state index < -0.39 is 5.82 Å². The average molecular weight is 606 g/mol. The van der Waals surface area contributed by atoms with E-state index in [1.807, 2.05) is 24.3 Å². The van der Waals surface area contributed by atoms with Crippen LogP contribution in [0.4, 0.5) is 10.2 Å². The first-order valence-corrected chi connectivity index (χ1v) is 15.6. The summed E-state index contributed by atoms with van der Waals surface area (Å²) in [5.74, 6) is 0.125. The molecule has 3 saturated heterocycles. The Morgan fingerprint density at radius 1 is 1.09 bits per heavy atom. The number of piperazine rings is 1. The van der Waals surface area contributed by atoms with Crippen LogP contribution in [0.2, 0.25) is 5.02 Å². The lowest BCUT2D eigenvalue weighted by atomic mass is 9.96. The number of hydrogen-bond donors (Lipinski definition) is 2. The first-order valence-electron chi connectivity index (χ1n) is 15.3. The van der Waals surface area contributed by atoms with Gasteiger partial charge in [0.05, 0.1) is 24.3 Å². The highest BCUT2D eigenvalue weighted by Gasteiger charge is 2.34. The summed E-state index contributed by atoms with van der Waals surface area (Å²) in [6.45, 7) is 8.74. The molecule has 3 aliphatic heterocycles. The number of fused-ring (bicyclic) bond motifs is 4. The molecule has 4 heterocycles. The molecule has 8 nitrogen and oxygen atoms in total. The molecule has 0 saturated carbocycles. The van der Waals surface area contributed by atoms with Crippen LogP contribution in [-0.4, -0.2) is 83.6 Å². The normalized spacial score (nSPS) is 24.2. The summed E-state index contributed by atoms with van der Waals surface area (Å²) in [5, 5.41) is 16.5. The SMILES string of the molecule is CC1OCCN(CCCOc2nc(N3CC4CC[C@H](C3)N4)c3cc(Cl)c(-c4cc(O)cc5ccccc45)c(F)c3n2)C1C. The van der Waals surface area contributed by atoms with Gasteiger partial charge in [-0.25, -0.2) is 4.39 Å². The molecule has 0 spiro atoms. The van der Waals surface area contributed by atoms with Crippen LogP contribution in [0.5, 0.6) is 11.8 Å². The zero-order valence-electron chi connectivity index (χ0n) is 24.5. The number of phenols is 1. The lowest BCUT2D eigenvalue weighted by Crippen LogP contribution is -2.51. The number of aromatic nitrogens is 2. The second-order valence-corrected chi connectivity index (χ2v) is 12.5. The first kappa shape index (κ1) is 28.5.